The van der Waals surface area contributed by atoms with Gasteiger partial charge in [0.2, 0.25) is 5.91 Å². The zero-order valence-electron chi connectivity index (χ0n) is 25.0. The van der Waals surface area contributed by atoms with Crippen molar-refractivity contribution in [3.05, 3.63) is 12.2 Å². The molecule has 0 fully saturated rings. The van der Waals surface area contributed by atoms with Gasteiger partial charge < -0.3 is 15.5 Å². The Hall–Kier alpha value is -0.870. The van der Waals surface area contributed by atoms with Gasteiger partial charge in [0.05, 0.1) is 18.8 Å². The Morgan fingerprint density at radius 2 is 1.00 bits per heavy atom. The fourth-order valence-electron chi connectivity index (χ4n) is 4.94. The minimum Gasteiger partial charge on any atom is -0.394 e. The van der Waals surface area contributed by atoms with E-state index in [1.165, 1.54) is 128 Å². The van der Waals surface area contributed by atoms with Crippen LogP contribution in [0, 0.1) is 0 Å². The highest BCUT2D eigenvalue weighted by atomic mass is 16.3. The molecule has 37 heavy (non-hydrogen) atoms. The molecule has 1 amide bonds. The Balaban J connectivity index is 3.65. The first kappa shape index (κ1) is 36.1. The summed E-state index contributed by atoms with van der Waals surface area (Å²) in [6.45, 7) is 4.28. The van der Waals surface area contributed by atoms with Crippen molar-refractivity contribution in [1.29, 1.82) is 0 Å². The summed E-state index contributed by atoms with van der Waals surface area (Å²) in [6, 6.07) is -0.613. The summed E-state index contributed by atoms with van der Waals surface area (Å²) >= 11 is 0. The lowest BCUT2D eigenvalue weighted by molar-refractivity contribution is -0.123. The van der Waals surface area contributed by atoms with Crippen LogP contribution in [0.25, 0.3) is 0 Å². The van der Waals surface area contributed by atoms with Crippen molar-refractivity contribution >= 4 is 5.91 Å². The highest BCUT2D eigenvalue weighted by molar-refractivity contribution is 5.76. The third-order valence-electron chi connectivity index (χ3n) is 7.52. The van der Waals surface area contributed by atoms with Crippen LogP contribution in [0.3, 0.4) is 0 Å². The first-order valence-corrected chi connectivity index (χ1v) is 16.4. The van der Waals surface area contributed by atoms with Crippen LogP contribution in [0.1, 0.15) is 174 Å². The molecule has 0 aliphatic heterocycles. The van der Waals surface area contributed by atoms with Crippen molar-refractivity contribution in [2.45, 2.75) is 187 Å². The molecule has 0 saturated carbocycles. The van der Waals surface area contributed by atoms with Gasteiger partial charge in [-0.3, -0.25) is 4.79 Å². The van der Waals surface area contributed by atoms with Crippen LogP contribution < -0.4 is 5.32 Å². The van der Waals surface area contributed by atoms with E-state index in [-0.39, 0.29) is 12.5 Å². The molecule has 0 aromatic rings. The molecular formula is C33H65NO3. The first-order valence-electron chi connectivity index (χ1n) is 16.4. The van der Waals surface area contributed by atoms with Gasteiger partial charge in [-0.1, -0.05) is 161 Å². The molecule has 0 spiro atoms. The molecule has 0 aliphatic rings. The van der Waals surface area contributed by atoms with E-state index in [0.29, 0.717) is 6.42 Å². The molecular weight excluding hydrogens is 458 g/mol. The maximum absolute atomic E-state index is 12.2. The number of nitrogens with one attached hydrogen (secondary N) is 1. The molecule has 0 aromatic heterocycles. The van der Waals surface area contributed by atoms with Crippen LogP contribution in [-0.4, -0.2) is 34.9 Å². The smallest absolute Gasteiger partial charge is 0.220 e. The van der Waals surface area contributed by atoms with E-state index >= 15 is 0 Å². The standard InChI is InChI=1S/C33H65NO3/c1-3-5-7-9-11-13-15-17-18-20-22-24-26-28-32(36)31(30-35)34-33(37)29-27-25-23-21-19-16-14-12-10-8-6-4-2/h26,28,31-32,35-36H,3-25,27,29-30H2,1-2H3,(H,34,37)/b28-26+/t31-,32+/m0/s1. The summed E-state index contributed by atoms with van der Waals surface area (Å²) in [5, 5.41) is 22.8. The lowest BCUT2D eigenvalue weighted by Crippen LogP contribution is -2.45. The second-order valence-electron chi connectivity index (χ2n) is 11.2. The lowest BCUT2D eigenvalue weighted by Gasteiger charge is -2.20. The van der Waals surface area contributed by atoms with Gasteiger partial charge >= 0.3 is 0 Å². The van der Waals surface area contributed by atoms with Gasteiger partial charge in [-0.2, -0.15) is 0 Å². The summed E-state index contributed by atoms with van der Waals surface area (Å²) in [5.41, 5.74) is 0. The van der Waals surface area contributed by atoms with Crippen LogP contribution >= 0.6 is 0 Å². The van der Waals surface area contributed by atoms with Crippen molar-refractivity contribution in [2.24, 2.45) is 0 Å². The molecule has 0 heterocycles. The van der Waals surface area contributed by atoms with Crippen molar-refractivity contribution in [1.82, 2.24) is 5.32 Å². The maximum Gasteiger partial charge on any atom is 0.220 e. The van der Waals surface area contributed by atoms with E-state index in [1.54, 1.807) is 6.08 Å². The van der Waals surface area contributed by atoms with E-state index in [0.717, 1.165) is 25.7 Å². The number of allylic oxidation sites excluding steroid dienone is 1. The van der Waals surface area contributed by atoms with Crippen molar-refractivity contribution in [3.8, 4) is 0 Å². The molecule has 0 rings (SSSR count). The summed E-state index contributed by atoms with van der Waals surface area (Å²) in [6.07, 6.45) is 34.2. The topological polar surface area (TPSA) is 69.6 Å². The number of aliphatic hydroxyl groups excluding tert-OH is 2. The van der Waals surface area contributed by atoms with Gasteiger partial charge in [-0.15, -0.1) is 0 Å². The van der Waals surface area contributed by atoms with Crippen LogP contribution in [0.15, 0.2) is 12.2 Å². The molecule has 4 nitrogen and oxygen atoms in total. The maximum atomic E-state index is 12.2. The average Bonchev–Trinajstić information content (AvgIpc) is 2.90. The second-order valence-corrected chi connectivity index (χ2v) is 11.2. The Bertz CT molecular complexity index is 494. The number of carbonyl (C=O) groups excluding carboxylic acids is 1. The molecule has 0 aromatic carbocycles. The number of aliphatic hydroxyl groups is 2. The molecule has 0 radical (unpaired) electrons. The number of rotatable bonds is 29. The average molecular weight is 524 g/mol. The van der Waals surface area contributed by atoms with E-state index < -0.39 is 12.1 Å². The van der Waals surface area contributed by atoms with Gasteiger partial charge in [0.25, 0.3) is 0 Å². The summed E-state index contributed by atoms with van der Waals surface area (Å²) < 4.78 is 0. The van der Waals surface area contributed by atoms with Crippen molar-refractivity contribution in [2.75, 3.05) is 6.61 Å². The van der Waals surface area contributed by atoms with Crippen LogP contribution in [-0.2, 0) is 4.79 Å². The molecule has 2 atom stereocenters. The number of hydrogen-bond donors (Lipinski definition) is 3. The largest absolute Gasteiger partial charge is 0.394 e. The number of hydrogen-bond acceptors (Lipinski definition) is 3. The highest BCUT2D eigenvalue weighted by Gasteiger charge is 2.17. The molecule has 0 unspecified atom stereocenters. The zero-order chi connectivity index (χ0) is 27.2. The van der Waals surface area contributed by atoms with Crippen molar-refractivity contribution in [3.63, 3.8) is 0 Å². The molecule has 4 heteroatoms. The summed E-state index contributed by atoms with van der Waals surface area (Å²) in [4.78, 5) is 12.2. The monoisotopic (exact) mass is 523 g/mol. The van der Waals surface area contributed by atoms with Gasteiger partial charge in [-0.05, 0) is 19.3 Å². The van der Waals surface area contributed by atoms with E-state index in [2.05, 4.69) is 19.2 Å². The van der Waals surface area contributed by atoms with Crippen LogP contribution in [0.5, 0.6) is 0 Å². The third kappa shape index (κ3) is 26.5. The molecule has 3 N–H and O–H groups in total. The quantitative estimate of drug-likeness (QED) is 0.0676. The van der Waals surface area contributed by atoms with Crippen LogP contribution in [0.4, 0.5) is 0 Å². The Morgan fingerprint density at radius 3 is 1.41 bits per heavy atom. The molecule has 220 valence electrons. The zero-order valence-corrected chi connectivity index (χ0v) is 25.0. The molecule has 0 bridgehead atoms. The van der Waals surface area contributed by atoms with E-state index in [1.807, 2.05) is 6.08 Å². The fourth-order valence-corrected chi connectivity index (χ4v) is 4.94. The Labute approximate surface area is 231 Å². The van der Waals surface area contributed by atoms with Crippen LogP contribution in [0.2, 0.25) is 0 Å². The predicted octanol–water partition coefficient (Wildman–Crippen LogP) is 9.17. The van der Waals surface area contributed by atoms with Crippen molar-refractivity contribution < 1.29 is 15.0 Å². The SMILES string of the molecule is CCCCCCCCCCCCC/C=C/[C@@H](O)[C@H](CO)NC(=O)CCCCCCCCCCCCCC. The minimum atomic E-state index is -0.830. The van der Waals surface area contributed by atoms with Gasteiger partial charge in [-0.25, -0.2) is 0 Å². The Kier molecular flexibility index (Phi) is 29.0. The Morgan fingerprint density at radius 1 is 0.622 bits per heavy atom. The molecule has 0 saturated heterocycles. The number of carbonyl (C=O) groups is 1. The summed E-state index contributed by atoms with van der Waals surface area (Å²) in [5.74, 6) is -0.0658. The van der Waals surface area contributed by atoms with Gasteiger partial charge in [0, 0.05) is 6.42 Å². The predicted molar refractivity (Wildman–Crippen MR) is 161 cm³/mol. The van der Waals surface area contributed by atoms with Gasteiger partial charge in [0.15, 0.2) is 0 Å². The first-order chi connectivity index (χ1) is 18.2. The van der Waals surface area contributed by atoms with Gasteiger partial charge in [0.1, 0.15) is 0 Å². The highest BCUT2D eigenvalue weighted by Crippen LogP contribution is 2.14. The number of amides is 1. The van der Waals surface area contributed by atoms with E-state index in [9.17, 15) is 15.0 Å². The second kappa shape index (κ2) is 29.7. The fraction of sp³-hybridized carbons (Fsp3) is 0.909. The lowest BCUT2D eigenvalue weighted by atomic mass is 10.0. The van der Waals surface area contributed by atoms with E-state index in [4.69, 9.17) is 0 Å². The summed E-state index contributed by atoms with van der Waals surface area (Å²) in [7, 11) is 0. The normalized spacial score (nSPS) is 13.3. The third-order valence-corrected chi connectivity index (χ3v) is 7.52. The minimum absolute atomic E-state index is 0.0658. The number of unbranched alkanes of at least 4 members (excludes halogenated alkanes) is 22. The molecule has 0 aliphatic carbocycles.